The number of fused-ring (bicyclic) bond motifs is 1. The fraction of sp³-hybridized carbons (Fsp3) is 0.200. The summed E-state index contributed by atoms with van der Waals surface area (Å²) in [5.74, 6) is 0.339. The Hall–Kier alpha value is -3.04. The van der Waals surface area contributed by atoms with Gasteiger partial charge >= 0.3 is 12.1 Å². The minimum atomic E-state index is -4.36. The van der Waals surface area contributed by atoms with Gasteiger partial charge in [0.1, 0.15) is 10.8 Å². The van der Waals surface area contributed by atoms with Gasteiger partial charge in [0.2, 0.25) is 0 Å². The summed E-state index contributed by atoms with van der Waals surface area (Å²) < 4.78 is 44.8. The van der Waals surface area contributed by atoms with E-state index in [-0.39, 0.29) is 6.61 Å². The molecular weight excluding hydrogens is 483 g/mol. The highest BCUT2D eigenvalue weighted by Gasteiger charge is 2.30. The summed E-state index contributed by atoms with van der Waals surface area (Å²) in [4.78, 5) is 16.5. The Morgan fingerprint density at radius 1 is 1.12 bits per heavy atom. The van der Waals surface area contributed by atoms with E-state index in [2.05, 4.69) is 0 Å². The number of carboxylic acids is 1. The smallest absolute Gasteiger partial charge is 0.416 e. The molecule has 0 radical (unpaired) electrons. The summed E-state index contributed by atoms with van der Waals surface area (Å²) >= 11 is 3.14. The number of para-hydroxylation sites is 1. The molecule has 4 rings (SSSR count). The molecular formula is C25H20F3NO3S2. The fourth-order valence-corrected chi connectivity index (χ4v) is 5.43. The SMILES string of the molecule is Cc1cc(SCCc2cccc3sc(-c4ccc(C(F)(F)F)cc4)nc23)ccc1OCC(=O)O. The highest BCUT2D eigenvalue weighted by molar-refractivity contribution is 7.99. The zero-order chi connectivity index (χ0) is 24.3. The molecule has 0 bridgehead atoms. The number of alkyl halides is 3. The van der Waals surface area contributed by atoms with Crippen LogP contribution in [0.3, 0.4) is 0 Å². The first-order valence-electron chi connectivity index (χ1n) is 10.3. The highest BCUT2D eigenvalue weighted by Crippen LogP contribution is 2.35. The molecule has 34 heavy (non-hydrogen) atoms. The highest BCUT2D eigenvalue weighted by atomic mass is 32.2. The fourth-order valence-electron chi connectivity index (χ4n) is 3.42. The van der Waals surface area contributed by atoms with Crippen molar-refractivity contribution in [1.29, 1.82) is 0 Å². The Labute approximate surface area is 202 Å². The van der Waals surface area contributed by atoms with Crippen molar-refractivity contribution in [2.75, 3.05) is 12.4 Å². The van der Waals surface area contributed by atoms with Gasteiger partial charge in [-0.1, -0.05) is 24.3 Å². The van der Waals surface area contributed by atoms with Crippen LogP contribution >= 0.6 is 23.1 Å². The second kappa shape index (κ2) is 10.1. The number of thioether (sulfide) groups is 1. The number of halogens is 3. The van der Waals surface area contributed by atoms with Crippen LogP contribution in [-0.4, -0.2) is 28.4 Å². The first-order valence-corrected chi connectivity index (χ1v) is 12.1. The van der Waals surface area contributed by atoms with Crippen LogP contribution in [0.1, 0.15) is 16.7 Å². The maximum absolute atomic E-state index is 12.8. The van der Waals surface area contributed by atoms with E-state index in [9.17, 15) is 18.0 Å². The number of rotatable bonds is 8. The number of aryl methyl sites for hydroxylation is 2. The molecule has 0 saturated heterocycles. The van der Waals surface area contributed by atoms with Crippen LogP contribution in [-0.2, 0) is 17.4 Å². The van der Waals surface area contributed by atoms with Crippen molar-refractivity contribution in [3.05, 3.63) is 77.4 Å². The Bertz CT molecular complexity index is 1320. The number of nitrogens with zero attached hydrogens (tertiary/aromatic N) is 1. The largest absolute Gasteiger partial charge is 0.482 e. The number of ether oxygens (including phenoxy) is 1. The first-order chi connectivity index (χ1) is 16.2. The molecule has 0 atom stereocenters. The zero-order valence-corrected chi connectivity index (χ0v) is 19.7. The van der Waals surface area contributed by atoms with Gasteiger partial charge in [0.25, 0.3) is 0 Å². The van der Waals surface area contributed by atoms with E-state index in [1.807, 2.05) is 37.3 Å². The van der Waals surface area contributed by atoms with E-state index in [0.29, 0.717) is 16.3 Å². The molecule has 0 spiro atoms. The standard InChI is InChI=1S/C25H20F3NO3S2/c1-15-13-19(9-10-20(15)32-14-22(30)31)33-12-11-16-3-2-4-21-23(16)29-24(34-21)17-5-7-18(8-6-17)25(26,27)28/h2-10,13H,11-12,14H2,1H3,(H,30,31). The van der Waals surface area contributed by atoms with Crippen LogP contribution in [0.4, 0.5) is 13.2 Å². The average molecular weight is 504 g/mol. The maximum Gasteiger partial charge on any atom is 0.416 e. The van der Waals surface area contributed by atoms with Crippen LogP contribution in [0.2, 0.25) is 0 Å². The van der Waals surface area contributed by atoms with Crippen molar-refractivity contribution >= 4 is 39.3 Å². The van der Waals surface area contributed by atoms with Crippen molar-refractivity contribution in [2.24, 2.45) is 0 Å². The zero-order valence-electron chi connectivity index (χ0n) is 18.1. The van der Waals surface area contributed by atoms with Gasteiger partial charge in [-0.2, -0.15) is 13.2 Å². The van der Waals surface area contributed by atoms with Gasteiger partial charge in [-0.15, -0.1) is 23.1 Å². The Kier molecular flexibility index (Phi) is 7.13. The topological polar surface area (TPSA) is 59.4 Å². The van der Waals surface area contributed by atoms with Gasteiger partial charge in [-0.05, 0) is 60.9 Å². The Balaban J connectivity index is 1.44. The normalized spacial score (nSPS) is 11.6. The van der Waals surface area contributed by atoms with Gasteiger partial charge in [0.05, 0.1) is 15.8 Å². The van der Waals surface area contributed by atoms with Gasteiger partial charge in [0, 0.05) is 16.2 Å². The average Bonchev–Trinajstić information content (AvgIpc) is 3.23. The van der Waals surface area contributed by atoms with Gasteiger partial charge in [-0.3, -0.25) is 0 Å². The molecule has 1 aromatic heterocycles. The number of aromatic nitrogens is 1. The van der Waals surface area contributed by atoms with Gasteiger partial charge < -0.3 is 9.84 Å². The number of carbonyl (C=O) groups is 1. The molecule has 3 aromatic carbocycles. The minimum absolute atomic E-state index is 0.376. The molecule has 0 aliphatic rings. The molecule has 0 aliphatic carbocycles. The Morgan fingerprint density at radius 2 is 1.88 bits per heavy atom. The molecule has 4 aromatic rings. The lowest BCUT2D eigenvalue weighted by Crippen LogP contribution is -2.10. The van der Waals surface area contributed by atoms with Crippen LogP contribution in [0.15, 0.2) is 65.6 Å². The lowest BCUT2D eigenvalue weighted by molar-refractivity contribution is -0.139. The maximum atomic E-state index is 12.8. The molecule has 9 heteroatoms. The van der Waals surface area contributed by atoms with E-state index in [1.54, 1.807) is 17.8 Å². The van der Waals surface area contributed by atoms with Gasteiger partial charge in [0.15, 0.2) is 6.61 Å². The van der Waals surface area contributed by atoms with Crippen LogP contribution < -0.4 is 4.74 Å². The molecule has 0 amide bonds. The summed E-state index contributed by atoms with van der Waals surface area (Å²) in [6.45, 7) is 1.50. The van der Waals surface area contributed by atoms with E-state index < -0.39 is 17.7 Å². The van der Waals surface area contributed by atoms with E-state index in [1.165, 1.54) is 23.5 Å². The van der Waals surface area contributed by atoms with Crippen molar-refractivity contribution in [1.82, 2.24) is 4.98 Å². The summed E-state index contributed by atoms with van der Waals surface area (Å²) in [5.41, 5.74) is 2.81. The lowest BCUT2D eigenvalue weighted by atomic mass is 10.1. The molecule has 1 heterocycles. The number of hydrogen-bond donors (Lipinski definition) is 1. The Morgan fingerprint density at radius 3 is 2.56 bits per heavy atom. The molecule has 176 valence electrons. The molecule has 0 unspecified atom stereocenters. The van der Waals surface area contributed by atoms with E-state index >= 15 is 0 Å². The van der Waals surface area contributed by atoms with Crippen molar-refractivity contribution in [3.63, 3.8) is 0 Å². The third-order valence-electron chi connectivity index (χ3n) is 5.10. The van der Waals surface area contributed by atoms with Crippen LogP contribution in [0.25, 0.3) is 20.8 Å². The van der Waals surface area contributed by atoms with Crippen LogP contribution in [0, 0.1) is 6.92 Å². The molecule has 0 aliphatic heterocycles. The molecule has 0 fully saturated rings. The molecule has 0 saturated carbocycles. The number of carboxylic acid groups (broad SMARTS) is 1. The van der Waals surface area contributed by atoms with Crippen molar-refractivity contribution in [2.45, 2.75) is 24.4 Å². The second-order valence-corrected chi connectivity index (χ2v) is 9.77. The number of hydrogen-bond acceptors (Lipinski definition) is 5. The quantitative estimate of drug-likeness (QED) is 0.260. The number of aliphatic carboxylic acids is 1. The van der Waals surface area contributed by atoms with E-state index in [4.69, 9.17) is 14.8 Å². The third-order valence-corrected chi connectivity index (χ3v) is 7.16. The second-order valence-electron chi connectivity index (χ2n) is 7.57. The monoisotopic (exact) mass is 503 g/mol. The van der Waals surface area contributed by atoms with E-state index in [0.717, 1.165) is 50.5 Å². The third kappa shape index (κ3) is 5.71. The first kappa shape index (κ1) is 24.1. The summed E-state index contributed by atoms with van der Waals surface area (Å²) in [5, 5.41) is 9.44. The lowest BCUT2D eigenvalue weighted by Gasteiger charge is -2.09. The minimum Gasteiger partial charge on any atom is -0.482 e. The summed E-state index contributed by atoms with van der Waals surface area (Å²) in [6.07, 6.45) is -3.59. The summed E-state index contributed by atoms with van der Waals surface area (Å²) in [6, 6.07) is 16.7. The predicted molar refractivity (Wildman–Crippen MR) is 129 cm³/mol. The number of benzene rings is 3. The molecule has 1 N–H and O–H groups in total. The van der Waals surface area contributed by atoms with Crippen molar-refractivity contribution < 1.29 is 27.8 Å². The molecule has 4 nitrogen and oxygen atoms in total. The van der Waals surface area contributed by atoms with Gasteiger partial charge in [-0.25, -0.2) is 9.78 Å². The van der Waals surface area contributed by atoms with Crippen molar-refractivity contribution in [3.8, 4) is 16.3 Å². The predicted octanol–water partition coefficient (Wildman–Crippen LogP) is 7.09. The van der Waals surface area contributed by atoms with Crippen LogP contribution in [0.5, 0.6) is 5.75 Å². The summed E-state index contributed by atoms with van der Waals surface area (Å²) in [7, 11) is 0. The number of thiazole rings is 1.